The van der Waals surface area contributed by atoms with Gasteiger partial charge in [0.1, 0.15) is 11.6 Å². The molecule has 0 spiro atoms. The fraction of sp³-hybridized carbons (Fsp3) is 0.412. The zero-order valence-corrected chi connectivity index (χ0v) is 14.7. The molecule has 0 bridgehead atoms. The molecule has 3 rings (SSSR count). The Morgan fingerprint density at radius 2 is 2.08 bits per heavy atom. The van der Waals surface area contributed by atoms with Crippen LogP contribution in [0.25, 0.3) is 11.3 Å². The zero-order valence-electron chi connectivity index (χ0n) is 14.0. The van der Waals surface area contributed by atoms with Crippen LogP contribution in [0.5, 0.6) is 0 Å². The molecule has 132 valence electrons. The molecule has 1 aliphatic heterocycles. The second kappa shape index (κ2) is 8.22. The largest absolute Gasteiger partial charge is 0.381 e. The second-order valence-electron chi connectivity index (χ2n) is 5.96. The average molecular weight is 362 g/mol. The molecular formula is C17H20ClN5O2. The molecule has 1 aliphatic rings. The number of rotatable bonds is 5. The number of hydrogen-bond acceptors (Lipinski definition) is 6. The number of nitrogens with zero attached hydrogens (tertiary/aromatic N) is 3. The highest BCUT2D eigenvalue weighted by molar-refractivity contribution is 6.33. The van der Waals surface area contributed by atoms with E-state index in [4.69, 9.17) is 16.3 Å². The van der Waals surface area contributed by atoms with Crippen molar-refractivity contribution in [3.8, 4) is 11.3 Å². The van der Waals surface area contributed by atoms with E-state index in [9.17, 15) is 4.79 Å². The molecule has 8 heteroatoms. The number of nitrogens with one attached hydrogen (secondary N) is 2. The van der Waals surface area contributed by atoms with Crippen LogP contribution in [0.1, 0.15) is 19.8 Å². The van der Waals surface area contributed by atoms with E-state index in [-0.39, 0.29) is 5.91 Å². The second-order valence-corrected chi connectivity index (χ2v) is 6.36. The molecule has 0 aliphatic carbocycles. The van der Waals surface area contributed by atoms with E-state index in [1.54, 1.807) is 18.5 Å². The summed E-state index contributed by atoms with van der Waals surface area (Å²) < 4.78 is 5.37. The number of ether oxygens (including phenoxy) is 1. The molecule has 2 aromatic rings. The summed E-state index contributed by atoms with van der Waals surface area (Å²) in [5.74, 6) is 1.50. The van der Waals surface area contributed by atoms with Gasteiger partial charge in [-0.2, -0.15) is 0 Å². The Morgan fingerprint density at radius 1 is 1.28 bits per heavy atom. The van der Waals surface area contributed by atoms with Crippen molar-refractivity contribution in [3.05, 3.63) is 29.7 Å². The maximum Gasteiger partial charge on any atom is 0.222 e. The van der Waals surface area contributed by atoms with Gasteiger partial charge in [0.25, 0.3) is 0 Å². The van der Waals surface area contributed by atoms with E-state index in [1.165, 1.54) is 13.1 Å². The van der Waals surface area contributed by atoms with Crippen molar-refractivity contribution in [1.29, 1.82) is 0 Å². The molecule has 0 unspecified atom stereocenters. The van der Waals surface area contributed by atoms with Crippen molar-refractivity contribution in [2.75, 3.05) is 30.4 Å². The molecular weight excluding hydrogens is 342 g/mol. The molecule has 1 fully saturated rings. The standard InChI is InChI=1S/C17H20ClN5O2/c1-11(24)22-16-6-13(14(18)8-21-16)15-9-19-10-17(23-15)20-7-12-2-4-25-5-3-12/h6,8-10,12H,2-5,7H2,1H3,(H,20,23)(H,21,22,24). The monoisotopic (exact) mass is 361 g/mol. The van der Waals surface area contributed by atoms with Gasteiger partial charge < -0.3 is 15.4 Å². The SMILES string of the molecule is CC(=O)Nc1cc(-c2cncc(NCC3CCOCC3)n2)c(Cl)cn1. The van der Waals surface area contributed by atoms with Crippen LogP contribution in [0.15, 0.2) is 24.7 Å². The Balaban J connectivity index is 1.75. The molecule has 2 aromatic heterocycles. The Bertz CT molecular complexity index is 750. The summed E-state index contributed by atoms with van der Waals surface area (Å²) in [5, 5.41) is 6.42. The molecule has 0 aromatic carbocycles. The fourth-order valence-corrected chi connectivity index (χ4v) is 2.86. The van der Waals surface area contributed by atoms with Crippen molar-refractivity contribution in [2.45, 2.75) is 19.8 Å². The number of aromatic nitrogens is 3. The van der Waals surface area contributed by atoms with E-state index in [0.717, 1.165) is 32.6 Å². The lowest BCUT2D eigenvalue weighted by atomic mass is 10.0. The summed E-state index contributed by atoms with van der Waals surface area (Å²) in [7, 11) is 0. The van der Waals surface area contributed by atoms with E-state index in [0.29, 0.717) is 33.8 Å². The minimum atomic E-state index is -0.196. The smallest absolute Gasteiger partial charge is 0.222 e. The lowest BCUT2D eigenvalue weighted by Crippen LogP contribution is -2.23. The first-order valence-electron chi connectivity index (χ1n) is 8.19. The van der Waals surface area contributed by atoms with Crippen molar-refractivity contribution in [2.24, 2.45) is 5.92 Å². The summed E-state index contributed by atoms with van der Waals surface area (Å²) in [6.45, 7) is 3.90. The number of hydrogen-bond donors (Lipinski definition) is 2. The van der Waals surface area contributed by atoms with Gasteiger partial charge in [0.2, 0.25) is 5.91 Å². The molecule has 25 heavy (non-hydrogen) atoms. The van der Waals surface area contributed by atoms with Gasteiger partial charge in [-0.15, -0.1) is 0 Å². The van der Waals surface area contributed by atoms with Crippen LogP contribution in [0.2, 0.25) is 5.02 Å². The van der Waals surface area contributed by atoms with Gasteiger partial charge in [-0.1, -0.05) is 11.6 Å². The quantitative estimate of drug-likeness (QED) is 0.851. The molecule has 2 N–H and O–H groups in total. The van der Waals surface area contributed by atoms with Crippen molar-refractivity contribution in [1.82, 2.24) is 15.0 Å². The van der Waals surface area contributed by atoms with Crippen LogP contribution in [0.4, 0.5) is 11.6 Å². The summed E-state index contributed by atoms with van der Waals surface area (Å²) >= 11 is 6.24. The van der Waals surface area contributed by atoms with E-state index in [2.05, 4.69) is 25.6 Å². The first kappa shape index (κ1) is 17.6. The van der Waals surface area contributed by atoms with Crippen molar-refractivity contribution in [3.63, 3.8) is 0 Å². The Labute approximate surface area is 151 Å². The Morgan fingerprint density at radius 3 is 2.84 bits per heavy atom. The van der Waals surface area contributed by atoms with Crippen LogP contribution in [0, 0.1) is 5.92 Å². The molecule has 0 radical (unpaired) electrons. The minimum absolute atomic E-state index is 0.196. The molecule has 1 amide bonds. The molecule has 0 atom stereocenters. The van der Waals surface area contributed by atoms with Crippen LogP contribution < -0.4 is 10.6 Å². The molecule has 7 nitrogen and oxygen atoms in total. The lowest BCUT2D eigenvalue weighted by molar-refractivity contribution is -0.114. The first-order valence-corrected chi connectivity index (χ1v) is 8.57. The minimum Gasteiger partial charge on any atom is -0.381 e. The van der Waals surface area contributed by atoms with Gasteiger partial charge in [-0.05, 0) is 24.8 Å². The first-order chi connectivity index (χ1) is 12.1. The predicted molar refractivity (Wildman–Crippen MR) is 96.6 cm³/mol. The van der Waals surface area contributed by atoms with Gasteiger partial charge in [0.05, 0.1) is 23.1 Å². The highest BCUT2D eigenvalue weighted by Crippen LogP contribution is 2.28. The van der Waals surface area contributed by atoms with Gasteiger partial charge in [-0.25, -0.2) is 9.97 Å². The van der Waals surface area contributed by atoms with E-state index < -0.39 is 0 Å². The number of amides is 1. The Kier molecular flexibility index (Phi) is 5.78. The van der Waals surface area contributed by atoms with Gasteiger partial charge in [-0.3, -0.25) is 9.78 Å². The zero-order chi connectivity index (χ0) is 17.6. The average Bonchev–Trinajstić information content (AvgIpc) is 2.62. The summed E-state index contributed by atoms with van der Waals surface area (Å²) in [6.07, 6.45) is 6.92. The van der Waals surface area contributed by atoms with Crippen LogP contribution >= 0.6 is 11.6 Å². The predicted octanol–water partition coefficient (Wildman–Crippen LogP) is 2.99. The molecule has 1 saturated heterocycles. The molecule has 0 saturated carbocycles. The maximum absolute atomic E-state index is 11.2. The topological polar surface area (TPSA) is 89.0 Å². The summed E-state index contributed by atoms with van der Waals surface area (Å²) in [4.78, 5) is 24.1. The number of carbonyl (C=O) groups is 1. The number of pyridine rings is 1. The highest BCUT2D eigenvalue weighted by atomic mass is 35.5. The van der Waals surface area contributed by atoms with Crippen LogP contribution in [-0.2, 0) is 9.53 Å². The van der Waals surface area contributed by atoms with E-state index in [1.807, 2.05) is 0 Å². The summed E-state index contributed by atoms with van der Waals surface area (Å²) in [5.41, 5.74) is 1.29. The lowest BCUT2D eigenvalue weighted by Gasteiger charge is -2.22. The third-order valence-electron chi connectivity index (χ3n) is 3.98. The van der Waals surface area contributed by atoms with Gasteiger partial charge >= 0.3 is 0 Å². The van der Waals surface area contributed by atoms with Gasteiger partial charge in [0.15, 0.2) is 0 Å². The number of halogens is 1. The summed E-state index contributed by atoms with van der Waals surface area (Å²) in [6, 6.07) is 1.69. The normalized spacial score (nSPS) is 15.0. The van der Waals surface area contributed by atoms with Crippen LogP contribution in [-0.4, -0.2) is 40.6 Å². The Hall–Kier alpha value is -2.25. The number of anilines is 2. The number of carbonyl (C=O) groups excluding carboxylic acids is 1. The van der Waals surface area contributed by atoms with Crippen molar-refractivity contribution >= 4 is 29.1 Å². The third-order valence-corrected chi connectivity index (χ3v) is 4.28. The maximum atomic E-state index is 11.2. The van der Waals surface area contributed by atoms with E-state index >= 15 is 0 Å². The fourth-order valence-electron chi connectivity index (χ4n) is 2.66. The van der Waals surface area contributed by atoms with Gasteiger partial charge in [0, 0.05) is 38.4 Å². The third kappa shape index (κ3) is 4.87. The van der Waals surface area contributed by atoms with Crippen LogP contribution in [0.3, 0.4) is 0 Å². The molecule has 3 heterocycles. The van der Waals surface area contributed by atoms with Crippen molar-refractivity contribution < 1.29 is 9.53 Å². The highest BCUT2D eigenvalue weighted by Gasteiger charge is 2.14.